The Morgan fingerprint density at radius 2 is 1.96 bits per heavy atom. The summed E-state index contributed by atoms with van der Waals surface area (Å²) in [5.74, 6) is -0.592. The van der Waals surface area contributed by atoms with Crippen LogP contribution in [0.2, 0.25) is 0 Å². The van der Waals surface area contributed by atoms with Gasteiger partial charge in [-0.3, -0.25) is 4.79 Å². The van der Waals surface area contributed by atoms with Gasteiger partial charge in [0.1, 0.15) is 11.1 Å². The number of esters is 2. The Labute approximate surface area is 141 Å². The predicted octanol–water partition coefficient (Wildman–Crippen LogP) is 3.04. The van der Waals surface area contributed by atoms with Crippen molar-refractivity contribution in [3.63, 3.8) is 0 Å². The van der Waals surface area contributed by atoms with Gasteiger partial charge in [-0.25, -0.2) is 4.79 Å². The second kappa shape index (κ2) is 6.15. The molecule has 2 aromatic rings. The van der Waals surface area contributed by atoms with Gasteiger partial charge < -0.3 is 14.5 Å². The van der Waals surface area contributed by atoms with Gasteiger partial charge in [-0.2, -0.15) is 0 Å². The lowest BCUT2D eigenvalue weighted by atomic mass is 9.91. The fourth-order valence-corrected chi connectivity index (χ4v) is 3.76. The number of benzene rings is 1. The molecule has 1 saturated carbocycles. The van der Waals surface area contributed by atoms with Gasteiger partial charge in [0, 0.05) is 12.1 Å². The molecule has 1 aliphatic carbocycles. The summed E-state index contributed by atoms with van der Waals surface area (Å²) in [6.07, 6.45) is 1.71. The van der Waals surface area contributed by atoms with Crippen molar-refractivity contribution in [2.45, 2.75) is 25.2 Å². The molecule has 0 spiro atoms. The van der Waals surface area contributed by atoms with Crippen LogP contribution in [0.1, 0.15) is 41.4 Å². The maximum absolute atomic E-state index is 12.8. The van der Waals surface area contributed by atoms with Crippen LogP contribution >= 0.6 is 0 Å². The van der Waals surface area contributed by atoms with E-state index in [-0.39, 0.29) is 17.8 Å². The van der Waals surface area contributed by atoms with Crippen LogP contribution in [0, 0.1) is 5.92 Å². The third kappa shape index (κ3) is 2.31. The average molecular weight is 327 g/mol. The van der Waals surface area contributed by atoms with Crippen LogP contribution in [-0.4, -0.2) is 30.6 Å². The molecule has 1 aromatic heterocycles. The van der Waals surface area contributed by atoms with Crippen molar-refractivity contribution < 1.29 is 19.1 Å². The Hall–Kier alpha value is -2.56. The highest BCUT2D eigenvalue weighted by atomic mass is 16.5. The quantitative estimate of drug-likeness (QED) is 0.857. The Balaban J connectivity index is 2.04. The Morgan fingerprint density at radius 3 is 2.58 bits per heavy atom. The molecule has 1 aliphatic rings. The fraction of sp³-hybridized carbons (Fsp3) is 0.368. The van der Waals surface area contributed by atoms with E-state index in [9.17, 15) is 9.59 Å². The smallest absolute Gasteiger partial charge is 0.354 e. The van der Waals surface area contributed by atoms with Crippen molar-refractivity contribution in [1.29, 1.82) is 0 Å². The first-order valence-electron chi connectivity index (χ1n) is 8.06. The number of carbonyl (C=O) groups is 2. The van der Waals surface area contributed by atoms with E-state index in [1.165, 1.54) is 7.11 Å². The van der Waals surface area contributed by atoms with Crippen LogP contribution < -0.4 is 0 Å². The standard InChI is InChI=1S/C19H21NO4/c1-4-24-18(22)19(14-10-15(20-11-14)17(21)23-3)12(2)16(19)13-8-6-5-7-9-13/h5-12,16,20H,4H2,1-3H3/t12-,16?,19?/m0/s1. The summed E-state index contributed by atoms with van der Waals surface area (Å²) in [6, 6.07) is 11.6. The van der Waals surface area contributed by atoms with Crippen molar-refractivity contribution in [3.05, 3.63) is 59.4 Å². The zero-order valence-corrected chi connectivity index (χ0v) is 14.0. The second-order valence-electron chi connectivity index (χ2n) is 6.06. The van der Waals surface area contributed by atoms with Crippen molar-refractivity contribution >= 4 is 11.9 Å². The summed E-state index contributed by atoms with van der Waals surface area (Å²) in [5.41, 5.74) is 1.43. The average Bonchev–Trinajstić information content (AvgIpc) is 2.96. The minimum absolute atomic E-state index is 0.0269. The number of ether oxygens (including phenoxy) is 2. The van der Waals surface area contributed by atoms with Gasteiger partial charge in [-0.1, -0.05) is 37.3 Å². The van der Waals surface area contributed by atoms with E-state index in [2.05, 4.69) is 4.98 Å². The van der Waals surface area contributed by atoms with E-state index in [0.717, 1.165) is 11.1 Å². The summed E-state index contributed by atoms with van der Waals surface area (Å²) in [5, 5.41) is 0. The number of nitrogens with one attached hydrogen (secondary N) is 1. The van der Waals surface area contributed by atoms with E-state index in [1.54, 1.807) is 19.2 Å². The molecular weight excluding hydrogens is 306 g/mol. The Morgan fingerprint density at radius 1 is 1.25 bits per heavy atom. The summed E-state index contributed by atoms with van der Waals surface area (Å²) >= 11 is 0. The maximum atomic E-state index is 12.8. The van der Waals surface area contributed by atoms with Crippen molar-refractivity contribution in [2.24, 2.45) is 5.92 Å². The number of hydrogen-bond donors (Lipinski definition) is 1. The molecule has 1 N–H and O–H groups in total. The normalized spacial score (nSPS) is 25.1. The third-order valence-electron chi connectivity index (χ3n) is 4.94. The molecule has 5 nitrogen and oxygen atoms in total. The van der Waals surface area contributed by atoms with Crippen molar-refractivity contribution in [2.75, 3.05) is 13.7 Å². The van der Waals surface area contributed by atoms with Gasteiger partial charge in [0.25, 0.3) is 0 Å². The first kappa shape index (κ1) is 16.3. The molecule has 3 atom stereocenters. The molecule has 0 bridgehead atoms. The van der Waals surface area contributed by atoms with E-state index < -0.39 is 11.4 Å². The molecule has 126 valence electrons. The minimum atomic E-state index is -0.764. The Bertz CT molecular complexity index is 752. The van der Waals surface area contributed by atoms with Gasteiger partial charge in [0.2, 0.25) is 0 Å². The zero-order chi connectivity index (χ0) is 17.3. The molecule has 0 aliphatic heterocycles. The van der Waals surface area contributed by atoms with E-state index in [1.807, 2.05) is 37.3 Å². The third-order valence-corrected chi connectivity index (χ3v) is 4.94. The van der Waals surface area contributed by atoms with E-state index in [0.29, 0.717) is 12.3 Å². The highest BCUT2D eigenvalue weighted by Crippen LogP contribution is 2.66. The molecule has 1 aromatic carbocycles. The monoisotopic (exact) mass is 327 g/mol. The zero-order valence-electron chi connectivity index (χ0n) is 14.0. The van der Waals surface area contributed by atoms with E-state index in [4.69, 9.17) is 9.47 Å². The predicted molar refractivity (Wildman–Crippen MR) is 88.8 cm³/mol. The maximum Gasteiger partial charge on any atom is 0.354 e. The van der Waals surface area contributed by atoms with Crippen LogP contribution in [0.15, 0.2) is 42.6 Å². The van der Waals surface area contributed by atoms with Crippen molar-refractivity contribution in [1.82, 2.24) is 4.98 Å². The first-order valence-corrected chi connectivity index (χ1v) is 8.06. The lowest BCUT2D eigenvalue weighted by molar-refractivity contribution is -0.146. The highest BCUT2D eigenvalue weighted by Gasteiger charge is 2.69. The molecule has 0 saturated heterocycles. The van der Waals surface area contributed by atoms with Crippen LogP contribution in [0.25, 0.3) is 0 Å². The number of aromatic nitrogens is 1. The lowest BCUT2D eigenvalue weighted by Gasteiger charge is -2.15. The number of carbonyl (C=O) groups excluding carboxylic acids is 2. The molecule has 0 radical (unpaired) electrons. The second-order valence-corrected chi connectivity index (χ2v) is 6.06. The van der Waals surface area contributed by atoms with Crippen LogP contribution in [0.4, 0.5) is 0 Å². The summed E-state index contributed by atoms with van der Waals surface area (Å²) in [4.78, 5) is 27.5. The molecule has 1 fully saturated rings. The van der Waals surface area contributed by atoms with Gasteiger partial charge in [-0.05, 0) is 30.0 Å². The number of rotatable bonds is 5. The van der Waals surface area contributed by atoms with Crippen LogP contribution in [-0.2, 0) is 19.7 Å². The van der Waals surface area contributed by atoms with E-state index >= 15 is 0 Å². The molecule has 1 heterocycles. The number of methoxy groups -OCH3 is 1. The fourth-order valence-electron chi connectivity index (χ4n) is 3.76. The summed E-state index contributed by atoms with van der Waals surface area (Å²) in [6.45, 7) is 4.16. The molecular formula is C19H21NO4. The molecule has 24 heavy (non-hydrogen) atoms. The first-order chi connectivity index (χ1) is 11.6. The van der Waals surface area contributed by atoms with Gasteiger partial charge >= 0.3 is 11.9 Å². The van der Waals surface area contributed by atoms with Crippen molar-refractivity contribution in [3.8, 4) is 0 Å². The summed E-state index contributed by atoms with van der Waals surface area (Å²) < 4.78 is 10.1. The molecule has 5 heteroatoms. The SMILES string of the molecule is CCOC(=O)C1(c2c[nH]c(C(=O)OC)c2)C(c2ccccc2)[C@@H]1C. The Kier molecular flexibility index (Phi) is 4.18. The summed E-state index contributed by atoms with van der Waals surface area (Å²) in [7, 11) is 1.33. The number of H-pyrrole nitrogens is 1. The highest BCUT2D eigenvalue weighted by molar-refractivity contribution is 5.92. The van der Waals surface area contributed by atoms with Gasteiger partial charge in [-0.15, -0.1) is 0 Å². The molecule has 3 rings (SSSR count). The number of hydrogen-bond acceptors (Lipinski definition) is 4. The molecule has 2 unspecified atom stereocenters. The van der Waals surface area contributed by atoms with Crippen LogP contribution in [0.5, 0.6) is 0 Å². The topological polar surface area (TPSA) is 68.4 Å². The number of aromatic amines is 1. The largest absolute Gasteiger partial charge is 0.465 e. The minimum Gasteiger partial charge on any atom is -0.465 e. The van der Waals surface area contributed by atoms with Gasteiger partial charge in [0.15, 0.2) is 0 Å². The molecule has 0 amide bonds. The van der Waals surface area contributed by atoms with Gasteiger partial charge in [0.05, 0.1) is 13.7 Å². The lowest BCUT2D eigenvalue weighted by Crippen LogP contribution is -2.26. The van der Waals surface area contributed by atoms with Crippen LogP contribution in [0.3, 0.4) is 0 Å².